The van der Waals surface area contributed by atoms with Crippen LogP contribution in [0, 0.1) is 9.39 Å². The predicted molar refractivity (Wildman–Crippen MR) is 111 cm³/mol. The van der Waals surface area contributed by atoms with Crippen LogP contribution in [-0.4, -0.2) is 48.4 Å². The summed E-state index contributed by atoms with van der Waals surface area (Å²) >= 11 is 2.23. The van der Waals surface area contributed by atoms with E-state index in [1.54, 1.807) is 6.07 Å². The molecule has 0 aromatic heterocycles. The Labute approximate surface area is 167 Å². The van der Waals surface area contributed by atoms with Crippen LogP contribution in [0.15, 0.2) is 48.5 Å². The normalized spacial score (nSPS) is 16.2. The smallest absolute Gasteiger partial charge is 0.238 e. The predicted octanol–water partition coefficient (Wildman–Crippen LogP) is 3.58. The van der Waals surface area contributed by atoms with Crippen LogP contribution in [0.5, 0.6) is 0 Å². The Morgan fingerprint density at radius 2 is 1.81 bits per heavy atom. The van der Waals surface area contributed by atoms with Gasteiger partial charge in [0, 0.05) is 34.5 Å². The first-order valence-electron chi connectivity index (χ1n) is 8.84. The van der Waals surface area contributed by atoms with E-state index in [1.165, 1.54) is 6.07 Å². The fourth-order valence-corrected chi connectivity index (χ4v) is 3.72. The number of nitrogens with zero attached hydrogens (tertiary/aromatic N) is 2. The van der Waals surface area contributed by atoms with Crippen LogP contribution >= 0.6 is 22.6 Å². The highest BCUT2D eigenvalue weighted by atomic mass is 127. The van der Waals surface area contributed by atoms with Crippen molar-refractivity contribution in [2.45, 2.75) is 13.0 Å². The number of rotatable bonds is 5. The topological polar surface area (TPSA) is 35.6 Å². The van der Waals surface area contributed by atoms with Gasteiger partial charge in [-0.3, -0.25) is 14.6 Å². The molecule has 26 heavy (non-hydrogen) atoms. The van der Waals surface area contributed by atoms with Crippen LogP contribution in [-0.2, 0) is 11.3 Å². The van der Waals surface area contributed by atoms with Crippen molar-refractivity contribution in [1.82, 2.24) is 9.80 Å². The lowest BCUT2D eigenvalue weighted by atomic mass is 10.2. The number of hydrogen-bond donors (Lipinski definition) is 1. The summed E-state index contributed by atoms with van der Waals surface area (Å²) in [5.74, 6) is -0.139. The highest BCUT2D eigenvalue weighted by molar-refractivity contribution is 14.1. The summed E-state index contributed by atoms with van der Waals surface area (Å²) < 4.78 is 14.9. The van der Waals surface area contributed by atoms with Crippen molar-refractivity contribution in [3.63, 3.8) is 0 Å². The van der Waals surface area contributed by atoms with Crippen LogP contribution in [0.4, 0.5) is 10.1 Å². The number of carbonyl (C=O) groups is 1. The van der Waals surface area contributed by atoms with E-state index in [9.17, 15) is 9.18 Å². The SMILES string of the molecule is O=C(CN1CCCN(Cc2ccccc2F)CC1)Nc1cccc(I)c1. The second-order valence-electron chi connectivity index (χ2n) is 6.56. The van der Waals surface area contributed by atoms with E-state index in [0.717, 1.165) is 47.4 Å². The van der Waals surface area contributed by atoms with Gasteiger partial charge in [0.15, 0.2) is 0 Å². The van der Waals surface area contributed by atoms with Gasteiger partial charge in [-0.25, -0.2) is 4.39 Å². The fraction of sp³-hybridized carbons (Fsp3) is 0.350. The third-order valence-electron chi connectivity index (χ3n) is 4.51. The number of nitrogens with one attached hydrogen (secondary N) is 1. The molecule has 1 heterocycles. The lowest BCUT2D eigenvalue weighted by molar-refractivity contribution is -0.117. The second-order valence-corrected chi connectivity index (χ2v) is 7.80. The molecule has 0 saturated carbocycles. The maximum atomic E-state index is 13.8. The molecule has 138 valence electrons. The Morgan fingerprint density at radius 3 is 2.62 bits per heavy atom. The molecule has 1 N–H and O–H groups in total. The average Bonchev–Trinajstić information content (AvgIpc) is 2.82. The highest BCUT2D eigenvalue weighted by Gasteiger charge is 2.18. The lowest BCUT2D eigenvalue weighted by Gasteiger charge is -2.21. The van der Waals surface area contributed by atoms with Crippen molar-refractivity contribution in [2.75, 3.05) is 38.0 Å². The number of halogens is 2. The van der Waals surface area contributed by atoms with Gasteiger partial charge < -0.3 is 5.32 Å². The standard InChI is InChI=1S/C20H23FIN3O/c21-19-8-2-1-5-16(19)14-24-9-4-10-25(12-11-24)15-20(26)23-18-7-3-6-17(22)13-18/h1-3,5-8,13H,4,9-12,14-15H2,(H,23,26). The summed E-state index contributed by atoms with van der Waals surface area (Å²) in [5, 5.41) is 2.96. The summed E-state index contributed by atoms with van der Waals surface area (Å²) in [6, 6.07) is 14.7. The van der Waals surface area contributed by atoms with E-state index in [1.807, 2.05) is 36.4 Å². The number of hydrogen-bond acceptors (Lipinski definition) is 3. The van der Waals surface area contributed by atoms with Gasteiger partial charge in [0.05, 0.1) is 6.54 Å². The van der Waals surface area contributed by atoms with Gasteiger partial charge in [-0.05, 0) is 66.4 Å². The van der Waals surface area contributed by atoms with Gasteiger partial charge in [0.25, 0.3) is 0 Å². The first-order valence-corrected chi connectivity index (χ1v) is 9.91. The summed E-state index contributed by atoms with van der Waals surface area (Å²) in [6.45, 7) is 4.46. The quantitative estimate of drug-likeness (QED) is 0.684. The number of anilines is 1. The zero-order valence-electron chi connectivity index (χ0n) is 14.6. The van der Waals surface area contributed by atoms with E-state index in [2.05, 4.69) is 37.7 Å². The molecule has 2 aromatic carbocycles. The molecule has 1 aliphatic rings. The van der Waals surface area contributed by atoms with Crippen molar-refractivity contribution in [3.05, 3.63) is 63.5 Å². The van der Waals surface area contributed by atoms with Gasteiger partial charge >= 0.3 is 0 Å². The number of carbonyl (C=O) groups excluding carboxylic acids is 1. The Balaban J connectivity index is 1.49. The molecule has 0 unspecified atom stereocenters. The van der Waals surface area contributed by atoms with Crippen LogP contribution in [0.2, 0.25) is 0 Å². The third kappa shape index (κ3) is 5.75. The molecule has 0 aliphatic carbocycles. The summed E-state index contributed by atoms with van der Waals surface area (Å²) in [6.07, 6.45) is 0.977. The summed E-state index contributed by atoms with van der Waals surface area (Å²) in [7, 11) is 0. The minimum absolute atomic E-state index is 0.00885. The summed E-state index contributed by atoms with van der Waals surface area (Å²) in [5.41, 5.74) is 1.57. The minimum Gasteiger partial charge on any atom is -0.325 e. The van der Waals surface area contributed by atoms with Crippen LogP contribution in [0.1, 0.15) is 12.0 Å². The number of benzene rings is 2. The molecule has 0 atom stereocenters. The minimum atomic E-state index is -0.148. The van der Waals surface area contributed by atoms with Crippen molar-refractivity contribution in [2.24, 2.45) is 0 Å². The van der Waals surface area contributed by atoms with Gasteiger partial charge in [0.2, 0.25) is 5.91 Å². The maximum absolute atomic E-state index is 13.8. The fourth-order valence-electron chi connectivity index (χ4n) is 3.18. The molecule has 0 radical (unpaired) electrons. The monoisotopic (exact) mass is 467 g/mol. The second kappa shape index (κ2) is 9.43. The largest absolute Gasteiger partial charge is 0.325 e. The Hall–Kier alpha value is -1.51. The van der Waals surface area contributed by atoms with E-state index < -0.39 is 0 Å². The highest BCUT2D eigenvalue weighted by Crippen LogP contribution is 2.14. The number of amides is 1. The Bertz CT molecular complexity index is 755. The molecular formula is C20H23FIN3O. The summed E-state index contributed by atoms with van der Waals surface area (Å²) in [4.78, 5) is 16.7. The molecule has 3 rings (SSSR count). The van der Waals surface area contributed by atoms with E-state index >= 15 is 0 Å². The average molecular weight is 467 g/mol. The third-order valence-corrected chi connectivity index (χ3v) is 5.18. The molecular weight excluding hydrogens is 444 g/mol. The van der Waals surface area contributed by atoms with Crippen molar-refractivity contribution < 1.29 is 9.18 Å². The van der Waals surface area contributed by atoms with E-state index in [-0.39, 0.29) is 11.7 Å². The zero-order chi connectivity index (χ0) is 18.4. The molecule has 1 amide bonds. The van der Waals surface area contributed by atoms with Crippen molar-refractivity contribution >= 4 is 34.2 Å². The van der Waals surface area contributed by atoms with Crippen molar-refractivity contribution in [3.8, 4) is 0 Å². The van der Waals surface area contributed by atoms with Gasteiger partial charge in [-0.1, -0.05) is 24.3 Å². The first-order chi connectivity index (χ1) is 12.6. The Kier molecular flexibility index (Phi) is 6.99. The Morgan fingerprint density at radius 1 is 1.04 bits per heavy atom. The maximum Gasteiger partial charge on any atom is 0.238 e. The molecule has 1 aliphatic heterocycles. The first kappa shape index (κ1) is 19.3. The van der Waals surface area contributed by atoms with Crippen molar-refractivity contribution in [1.29, 1.82) is 0 Å². The van der Waals surface area contributed by atoms with Crippen LogP contribution in [0.3, 0.4) is 0 Å². The molecule has 2 aromatic rings. The molecule has 1 fully saturated rings. The molecule has 6 heteroatoms. The van der Waals surface area contributed by atoms with E-state index in [0.29, 0.717) is 13.1 Å². The van der Waals surface area contributed by atoms with Crippen LogP contribution < -0.4 is 5.32 Å². The van der Waals surface area contributed by atoms with E-state index in [4.69, 9.17) is 0 Å². The molecule has 0 spiro atoms. The zero-order valence-corrected chi connectivity index (χ0v) is 16.8. The molecule has 0 bridgehead atoms. The molecule has 1 saturated heterocycles. The van der Waals surface area contributed by atoms with Crippen LogP contribution in [0.25, 0.3) is 0 Å². The lowest BCUT2D eigenvalue weighted by Crippen LogP contribution is -2.36. The van der Waals surface area contributed by atoms with Gasteiger partial charge in [-0.2, -0.15) is 0 Å². The molecule has 4 nitrogen and oxygen atoms in total. The van der Waals surface area contributed by atoms with Gasteiger partial charge in [-0.15, -0.1) is 0 Å². The van der Waals surface area contributed by atoms with Gasteiger partial charge in [0.1, 0.15) is 5.82 Å².